The van der Waals surface area contributed by atoms with Crippen LogP contribution in [0.1, 0.15) is 71.4 Å². The summed E-state index contributed by atoms with van der Waals surface area (Å²) in [7, 11) is 0. The van der Waals surface area contributed by atoms with Crippen molar-refractivity contribution in [3.05, 3.63) is 100 Å². The Morgan fingerprint density at radius 2 is 1.32 bits per heavy atom. The molecule has 7 nitrogen and oxygen atoms in total. The lowest BCUT2D eigenvalue weighted by Crippen LogP contribution is -2.47. The van der Waals surface area contributed by atoms with E-state index in [1.807, 2.05) is 63.2 Å². The molecule has 210 valence electrons. The molecule has 3 aromatic rings. The van der Waals surface area contributed by atoms with E-state index in [1.54, 1.807) is 0 Å². The molecule has 1 heterocycles. The largest absolute Gasteiger partial charge is 0.454 e. The Labute approximate surface area is 239 Å². The monoisotopic (exact) mass is 550 g/mol. The fraction of sp³-hybridized carbons (Fsp3) is 0.353. The van der Waals surface area contributed by atoms with E-state index in [9.17, 15) is 19.2 Å². The fourth-order valence-electron chi connectivity index (χ4n) is 7.23. The number of esters is 1. The predicted octanol–water partition coefficient (Wildman–Crippen LogP) is 5.24. The van der Waals surface area contributed by atoms with E-state index in [0.717, 1.165) is 39.8 Å². The van der Waals surface area contributed by atoms with Gasteiger partial charge in [-0.15, -0.1) is 0 Å². The number of nitrogens with zero attached hydrogens (tertiary/aromatic N) is 1. The SMILES string of the molecule is CCCC[C@H](C(=O)OCC(=O)Nc1cc(C)cc(C)c1)N1C(=O)[C@@H]2C3c4ccccc4C(c4ccccc43)[C@H]2C1=O. The van der Waals surface area contributed by atoms with E-state index in [-0.39, 0.29) is 23.7 Å². The molecule has 3 aliphatic carbocycles. The van der Waals surface area contributed by atoms with Crippen LogP contribution in [0, 0.1) is 25.7 Å². The molecule has 1 fully saturated rings. The molecule has 0 spiro atoms. The summed E-state index contributed by atoms with van der Waals surface area (Å²) in [6, 6.07) is 20.7. The number of nitrogens with one attached hydrogen (secondary N) is 1. The Kier molecular flexibility index (Phi) is 6.98. The molecule has 3 aromatic carbocycles. The van der Waals surface area contributed by atoms with E-state index in [1.165, 1.54) is 4.90 Å². The molecule has 41 heavy (non-hydrogen) atoms. The van der Waals surface area contributed by atoms with Gasteiger partial charge in [-0.05, 0) is 65.8 Å². The second kappa shape index (κ2) is 10.6. The van der Waals surface area contributed by atoms with E-state index in [2.05, 4.69) is 29.6 Å². The first kappa shape index (κ1) is 26.9. The van der Waals surface area contributed by atoms with Gasteiger partial charge in [0.25, 0.3) is 5.91 Å². The van der Waals surface area contributed by atoms with Crippen molar-refractivity contribution in [2.24, 2.45) is 11.8 Å². The number of rotatable bonds is 8. The number of benzene rings is 3. The third-order valence-corrected chi connectivity index (χ3v) is 8.75. The standard InChI is InChI=1S/C34H34N2O5/c1-4-5-14-26(34(40)41-18-27(37)35-21-16-19(2)15-20(3)17-21)36-32(38)30-28-22-10-6-7-11-23(22)29(31(30)33(36)39)25-13-9-8-12-24(25)28/h6-13,15-17,26,28-31H,4-5,14,18H2,1-3H3,(H,35,37)/t26-,28?,29?,30-,31-/m1/s1. The Bertz CT molecular complexity index is 1430. The summed E-state index contributed by atoms with van der Waals surface area (Å²) in [6.45, 7) is 5.36. The summed E-state index contributed by atoms with van der Waals surface area (Å²) in [5.41, 5.74) is 6.94. The van der Waals surface area contributed by atoms with Crippen molar-refractivity contribution in [3.63, 3.8) is 0 Å². The number of aryl methyl sites for hydroxylation is 2. The normalized spacial score (nSPS) is 22.6. The van der Waals surface area contributed by atoms with Crippen molar-refractivity contribution in [2.75, 3.05) is 11.9 Å². The number of unbranched alkanes of at least 4 members (excludes halogenated alkanes) is 1. The Morgan fingerprint density at radius 1 is 0.829 bits per heavy atom. The quantitative estimate of drug-likeness (QED) is 0.306. The molecule has 3 atom stereocenters. The molecule has 1 aliphatic heterocycles. The van der Waals surface area contributed by atoms with Crippen LogP contribution in [0.5, 0.6) is 0 Å². The molecular formula is C34H34N2O5. The van der Waals surface area contributed by atoms with Gasteiger partial charge in [-0.1, -0.05) is 74.4 Å². The molecule has 3 amide bonds. The highest BCUT2D eigenvalue weighted by Gasteiger charge is 2.63. The summed E-state index contributed by atoms with van der Waals surface area (Å²) < 4.78 is 5.45. The van der Waals surface area contributed by atoms with E-state index in [4.69, 9.17) is 4.74 Å². The van der Waals surface area contributed by atoms with Crippen molar-refractivity contribution in [1.82, 2.24) is 4.90 Å². The van der Waals surface area contributed by atoms with E-state index >= 15 is 0 Å². The summed E-state index contributed by atoms with van der Waals surface area (Å²) in [4.78, 5) is 55.5. The van der Waals surface area contributed by atoms with Crippen LogP contribution in [0.15, 0.2) is 66.7 Å². The minimum Gasteiger partial charge on any atom is -0.454 e. The molecule has 7 rings (SSSR count). The van der Waals surface area contributed by atoms with Gasteiger partial charge in [0.1, 0.15) is 6.04 Å². The summed E-state index contributed by atoms with van der Waals surface area (Å²) in [5.74, 6) is -3.47. The van der Waals surface area contributed by atoms with Crippen LogP contribution in [-0.4, -0.2) is 41.2 Å². The Balaban J connectivity index is 1.26. The minimum atomic E-state index is -1.07. The van der Waals surface area contributed by atoms with Crippen molar-refractivity contribution >= 4 is 29.4 Å². The molecule has 1 N–H and O–H groups in total. The van der Waals surface area contributed by atoms with Crippen LogP contribution >= 0.6 is 0 Å². The third kappa shape index (κ3) is 4.53. The maximum atomic E-state index is 14.1. The van der Waals surface area contributed by atoms with E-state index in [0.29, 0.717) is 18.5 Å². The molecular weight excluding hydrogens is 516 g/mol. The zero-order valence-electron chi connectivity index (χ0n) is 23.6. The molecule has 7 heteroatoms. The zero-order chi connectivity index (χ0) is 28.8. The first-order valence-corrected chi connectivity index (χ1v) is 14.4. The number of hydrogen-bond acceptors (Lipinski definition) is 5. The average Bonchev–Trinajstić information content (AvgIpc) is 3.22. The highest BCUT2D eigenvalue weighted by atomic mass is 16.5. The van der Waals surface area contributed by atoms with Crippen LogP contribution in [0.25, 0.3) is 0 Å². The van der Waals surface area contributed by atoms with Crippen molar-refractivity contribution in [2.45, 2.75) is 57.9 Å². The summed E-state index contributed by atoms with van der Waals surface area (Å²) >= 11 is 0. The number of carbonyl (C=O) groups excluding carboxylic acids is 4. The first-order chi connectivity index (χ1) is 19.8. The van der Waals surface area contributed by atoms with Gasteiger partial charge in [-0.3, -0.25) is 19.3 Å². The number of carbonyl (C=O) groups is 4. The maximum Gasteiger partial charge on any atom is 0.329 e. The second-order valence-corrected chi connectivity index (χ2v) is 11.5. The number of imide groups is 1. The zero-order valence-corrected chi connectivity index (χ0v) is 23.6. The Morgan fingerprint density at radius 3 is 1.78 bits per heavy atom. The van der Waals surface area contributed by atoms with Crippen LogP contribution in [0.3, 0.4) is 0 Å². The first-order valence-electron chi connectivity index (χ1n) is 14.4. The Hall–Kier alpha value is -4.26. The van der Waals surface area contributed by atoms with Gasteiger partial charge in [-0.25, -0.2) is 4.79 Å². The van der Waals surface area contributed by atoms with E-state index < -0.39 is 36.4 Å². The molecule has 1 saturated heterocycles. The number of likely N-dealkylation sites (tertiary alicyclic amines) is 1. The number of hydrogen-bond donors (Lipinski definition) is 1. The second-order valence-electron chi connectivity index (χ2n) is 11.5. The lowest BCUT2D eigenvalue weighted by molar-refractivity contribution is -0.160. The van der Waals surface area contributed by atoms with Gasteiger partial charge >= 0.3 is 5.97 Å². The molecule has 0 aromatic heterocycles. The van der Waals surface area contributed by atoms with Crippen LogP contribution in [0.2, 0.25) is 0 Å². The van der Waals surface area contributed by atoms with Crippen LogP contribution in [0.4, 0.5) is 5.69 Å². The van der Waals surface area contributed by atoms with Crippen LogP contribution in [-0.2, 0) is 23.9 Å². The third-order valence-electron chi connectivity index (χ3n) is 8.75. The lowest BCUT2D eigenvalue weighted by atomic mass is 9.55. The van der Waals surface area contributed by atoms with Gasteiger partial charge in [-0.2, -0.15) is 0 Å². The fourth-order valence-corrected chi connectivity index (χ4v) is 7.23. The van der Waals surface area contributed by atoms with Gasteiger partial charge < -0.3 is 10.1 Å². The number of ether oxygens (including phenoxy) is 1. The smallest absolute Gasteiger partial charge is 0.329 e. The lowest BCUT2D eigenvalue weighted by Gasteiger charge is -2.45. The van der Waals surface area contributed by atoms with Crippen LogP contribution < -0.4 is 5.32 Å². The van der Waals surface area contributed by atoms with Crippen molar-refractivity contribution < 1.29 is 23.9 Å². The minimum absolute atomic E-state index is 0.245. The molecule has 2 bridgehead atoms. The highest BCUT2D eigenvalue weighted by molar-refractivity contribution is 6.10. The average molecular weight is 551 g/mol. The van der Waals surface area contributed by atoms with Crippen molar-refractivity contribution in [3.8, 4) is 0 Å². The molecule has 0 unspecified atom stereocenters. The molecule has 0 radical (unpaired) electrons. The summed E-state index contributed by atoms with van der Waals surface area (Å²) in [5, 5.41) is 2.77. The highest BCUT2D eigenvalue weighted by Crippen LogP contribution is 2.61. The maximum absolute atomic E-state index is 14.1. The number of amides is 3. The molecule has 4 aliphatic rings. The van der Waals surface area contributed by atoms with Gasteiger partial charge in [0.15, 0.2) is 6.61 Å². The van der Waals surface area contributed by atoms with Crippen molar-refractivity contribution in [1.29, 1.82) is 0 Å². The van der Waals surface area contributed by atoms with Gasteiger partial charge in [0.05, 0.1) is 11.8 Å². The predicted molar refractivity (Wildman–Crippen MR) is 154 cm³/mol. The topological polar surface area (TPSA) is 92.8 Å². The molecule has 0 saturated carbocycles. The summed E-state index contributed by atoms with van der Waals surface area (Å²) in [6.07, 6.45) is 1.70. The van der Waals surface area contributed by atoms with Gasteiger partial charge in [0.2, 0.25) is 11.8 Å². The number of anilines is 1. The van der Waals surface area contributed by atoms with Gasteiger partial charge in [0, 0.05) is 17.5 Å².